The van der Waals surface area contributed by atoms with Crippen LogP contribution in [-0.2, 0) is 13.0 Å². The standard InChI is InChI=1S/C17H19ClFNO/c1-12(2-3-13-4-6-17(21)7-5-13)20-11-14-8-15(18)10-16(19)9-14/h4-10,12,20-21H,2-3,11H2,1H3. The second kappa shape index (κ2) is 7.43. The maximum absolute atomic E-state index is 13.2. The second-order valence-corrected chi connectivity index (χ2v) is 5.70. The lowest BCUT2D eigenvalue weighted by Crippen LogP contribution is -2.26. The molecule has 0 spiro atoms. The second-order valence-electron chi connectivity index (χ2n) is 5.26. The van der Waals surface area contributed by atoms with Crippen molar-refractivity contribution in [1.29, 1.82) is 0 Å². The quantitative estimate of drug-likeness (QED) is 0.834. The van der Waals surface area contributed by atoms with Crippen LogP contribution in [0.1, 0.15) is 24.5 Å². The van der Waals surface area contributed by atoms with E-state index in [1.165, 1.54) is 17.7 Å². The fourth-order valence-corrected chi connectivity index (χ4v) is 2.40. The minimum absolute atomic E-state index is 0.285. The average molecular weight is 308 g/mol. The van der Waals surface area contributed by atoms with Gasteiger partial charge in [0.2, 0.25) is 0 Å². The Kier molecular flexibility index (Phi) is 5.59. The van der Waals surface area contributed by atoms with Gasteiger partial charge in [-0.1, -0.05) is 23.7 Å². The van der Waals surface area contributed by atoms with Crippen LogP contribution in [0, 0.1) is 5.82 Å². The highest BCUT2D eigenvalue weighted by molar-refractivity contribution is 6.30. The molecule has 0 saturated heterocycles. The monoisotopic (exact) mass is 307 g/mol. The summed E-state index contributed by atoms with van der Waals surface area (Å²) < 4.78 is 13.2. The molecule has 1 atom stereocenters. The highest BCUT2D eigenvalue weighted by atomic mass is 35.5. The first kappa shape index (κ1) is 15.8. The third kappa shape index (κ3) is 5.37. The van der Waals surface area contributed by atoms with E-state index in [-0.39, 0.29) is 11.6 Å². The predicted octanol–water partition coefficient (Wildman–Crippen LogP) is 4.30. The van der Waals surface area contributed by atoms with Gasteiger partial charge >= 0.3 is 0 Å². The van der Waals surface area contributed by atoms with E-state index in [0.717, 1.165) is 18.4 Å². The summed E-state index contributed by atoms with van der Waals surface area (Å²) in [5.41, 5.74) is 2.03. The summed E-state index contributed by atoms with van der Waals surface area (Å²) in [6, 6.07) is 12.1. The third-order valence-corrected chi connectivity index (χ3v) is 3.60. The molecule has 0 radical (unpaired) electrons. The van der Waals surface area contributed by atoms with Crippen LogP contribution in [0.5, 0.6) is 5.75 Å². The Morgan fingerprint density at radius 1 is 1.14 bits per heavy atom. The lowest BCUT2D eigenvalue weighted by atomic mass is 10.1. The number of rotatable bonds is 6. The molecule has 0 aliphatic carbocycles. The van der Waals surface area contributed by atoms with Crippen LogP contribution in [-0.4, -0.2) is 11.1 Å². The van der Waals surface area contributed by atoms with Crippen molar-refractivity contribution in [3.05, 3.63) is 64.4 Å². The summed E-state index contributed by atoms with van der Waals surface area (Å²) in [7, 11) is 0. The normalized spacial score (nSPS) is 12.3. The third-order valence-electron chi connectivity index (χ3n) is 3.38. The largest absolute Gasteiger partial charge is 0.508 e. The number of halogens is 2. The summed E-state index contributed by atoms with van der Waals surface area (Å²) in [6.07, 6.45) is 1.90. The van der Waals surface area contributed by atoms with Gasteiger partial charge in [0.05, 0.1) is 0 Å². The van der Waals surface area contributed by atoms with Gasteiger partial charge in [-0.2, -0.15) is 0 Å². The molecule has 2 aromatic rings. The molecular formula is C17H19ClFNO. The van der Waals surface area contributed by atoms with Crippen molar-refractivity contribution in [2.75, 3.05) is 0 Å². The van der Waals surface area contributed by atoms with Crippen molar-refractivity contribution in [2.24, 2.45) is 0 Å². The van der Waals surface area contributed by atoms with E-state index >= 15 is 0 Å². The van der Waals surface area contributed by atoms with Gasteiger partial charge in [-0.15, -0.1) is 0 Å². The van der Waals surface area contributed by atoms with E-state index in [9.17, 15) is 9.50 Å². The van der Waals surface area contributed by atoms with Crippen LogP contribution in [0.25, 0.3) is 0 Å². The van der Waals surface area contributed by atoms with Crippen molar-refractivity contribution >= 4 is 11.6 Å². The van der Waals surface area contributed by atoms with Crippen LogP contribution < -0.4 is 5.32 Å². The van der Waals surface area contributed by atoms with Crippen molar-refractivity contribution in [1.82, 2.24) is 5.32 Å². The molecule has 0 aromatic heterocycles. The summed E-state index contributed by atoms with van der Waals surface area (Å²) >= 11 is 5.83. The first-order valence-electron chi connectivity index (χ1n) is 6.99. The van der Waals surface area contributed by atoms with Crippen LogP contribution in [0.3, 0.4) is 0 Å². The lowest BCUT2D eigenvalue weighted by molar-refractivity contribution is 0.474. The van der Waals surface area contributed by atoms with Crippen molar-refractivity contribution < 1.29 is 9.50 Å². The Hall–Kier alpha value is -1.58. The van der Waals surface area contributed by atoms with Crippen LogP contribution in [0.2, 0.25) is 5.02 Å². The van der Waals surface area contributed by atoms with Gasteiger partial charge in [0, 0.05) is 17.6 Å². The molecule has 2 rings (SSSR count). The summed E-state index contributed by atoms with van der Waals surface area (Å²) in [4.78, 5) is 0. The van der Waals surface area contributed by atoms with Gasteiger partial charge in [0.15, 0.2) is 0 Å². The maximum Gasteiger partial charge on any atom is 0.125 e. The smallest absolute Gasteiger partial charge is 0.125 e. The molecule has 0 saturated carbocycles. The van der Waals surface area contributed by atoms with Gasteiger partial charge < -0.3 is 10.4 Å². The highest BCUT2D eigenvalue weighted by Gasteiger charge is 2.04. The molecule has 0 amide bonds. The van der Waals surface area contributed by atoms with Crippen molar-refractivity contribution in [3.8, 4) is 5.75 Å². The molecule has 0 aliphatic heterocycles. The summed E-state index contributed by atoms with van der Waals surface area (Å²) in [5.74, 6) is -0.0241. The van der Waals surface area contributed by atoms with Gasteiger partial charge in [0.25, 0.3) is 0 Å². The van der Waals surface area contributed by atoms with Crippen molar-refractivity contribution in [3.63, 3.8) is 0 Å². The summed E-state index contributed by atoms with van der Waals surface area (Å²) in [5, 5.41) is 13.0. The van der Waals surface area contributed by atoms with Crippen LogP contribution in [0.15, 0.2) is 42.5 Å². The fraction of sp³-hybridized carbons (Fsp3) is 0.294. The Balaban J connectivity index is 1.79. The van der Waals surface area contributed by atoms with E-state index in [4.69, 9.17) is 11.6 Å². The molecule has 2 aromatic carbocycles. The SMILES string of the molecule is CC(CCc1ccc(O)cc1)NCc1cc(F)cc(Cl)c1. The van der Waals surface area contributed by atoms with Gasteiger partial charge in [-0.25, -0.2) is 4.39 Å². The predicted molar refractivity (Wildman–Crippen MR) is 84.1 cm³/mol. The molecular weight excluding hydrogens is 289 g/mol. The first-order chi connectivity index (χ1) is 10.0. The van der Waals surface area contributed by atoms with Gasteiger partial charge in [-0.05, 0) is 61.2 Å². The van der Waals surface area contributed by atoms with E-state index < -0.39 is 0 Å². The van der Waals surface area contributed by atoms with E-state index in [1.807, 2.05) is 12.1 Å². The zero-order valence-corrected chi connectivity index (χ0v) is 12.7. The van der Waals surface area contributed by atoms with Gasteiger partial charge in [-0.3, -0.25) is 0 Å². The van der Waals surface area contributed by atoms with Gasteiger partial charge in [0.1, 0.15) is 11.6 Å². The number of nitrogens with one attached hydrogen (secondary N) is 1. The Morgan fingerprint density at radius 2 is 1.86 bits per heavy atom. The molecule has 4 heteroatoms. The van der Waals surface area contributed by atoms with Crippen LogP contribution >= 0.6 is 11.6 Å². The number of phenolic OH excluding ortho intramolecular Hbond substituents is 1. The minimum Gasteiger partial charge on any atom is -0.508 e. The molecule has 2 N–H and O–H groups in total. The maximum atomic E-state index is 13.2. The highest BCUT2D eigenvalue weighted by Crippen LogP contribution is 2.15. The molecule has 1 unspecified atom stereocenters. The van der Waals surface area contributed by atoms with Crippen molar-refractivity contribution in [2.45, 2.75) is 32.4 Å². The Labute approximate surface area is 129 Å². The first-order valence-corrected chi connectivity index (χ1v) is 7.37. The number of hydrogen-bond acceptors (Lipinski definition) is 2. The van der Waals surface area contributed by atoms with E-state index in [1.54, 1.807) is 18.2 Å². The number of hydrogen-bond donors (Lipinski definition) is 2. The summed E-state index contributed by atoms with van der Waals surface area (Å²) in [6.45, 7) is 2.69. The molecule has 0 heterocycles. The lowest BCUT2D eigenvalue weighted by Gasteiger charge is -2.14. The average Bonchev–Trinajstić information content (AvgIpc) is 2.43. The van der Waals surface area contributed by atoms with E-state index in [2.05, 4.69) is 12.2 Å². The minimum atomic E-state index is -0.309. The zero-order valence-electron chi connectivity index (χ0n) is 11.9. The Morgan fingerprint density at radius 3 is 2.52 bits per heavy atom. The Bertz CT molecular complexity index is 566. The molecule has 0 fully saturated rings. The van der Waals surface area contributed by atoms with E-state index in [0.29, 0.717) is 17.6 Å². The number of aryl methyl sites for hydroxylation is 1. The number of aromatic hydroxyl groups is 1. The topological polar surface area (TPSA) is 32.3 Å². The number of benzene rings is 2. The molecule has 21 heavy (non-hydrogen) atoms. The molecule has 112 valence electrons. The zero-order chi connectivity index (χ0) is 15.2. The fourth-order valence-electron chi connectivity index (χ4n) is 2.15. The molecule has 0 bridgehead atoms. The molecule has 0 aliphatic rings. The molecule has 2 nitrogen and oxygen atoms in total. The van der Waals surface area contributed by atoms with Crippen LogP contribution in [0.4, 0.5) is 4.39 Å². The number of phenols is 1.